The van der Waals surface area contributed by atoms with Gasteiger partial charge in [0, 0.05) is 18.8 Å². The van der Waals surface area contributed by atoms with E-state index in [2.05, 4.69) is 37.2 Å². The highest BCUT2D eigenvalue weighted by molar-refractivity contribution is 5.53. The largest absolute Gasteiger partial charge is 0.368 e. The first-order chi connectivity index (χ1) is 12.6. The Morgan fingerprint density at radius 2 is 1.96 bits per heavy atom. The molecule has 0 saturated heterocycles. The smallest absolute Gasteiger partial charge is 0.232 e. The van der Waals surface area contributed by atoms with E-state index in [1.807, 2.05) is 10.9 Å². The average Bonchev–Trinajstić information content (AvgIpc) is 2.97. The SMILES string of the molecule is Cc1cnn2c1CN(Cc1nc(N)nc(Nc3ccc(F)cc3)n1)CC2. The maximum Gasteiger partial charge on any atom is 0.232 e. The predicted molar refractivity (Wildman–Crippen MR) is 95.0 cm³/mol. The Hall–Kier alpha value is -3.07. The second-order valence-corrected chi connectivity index (χ2v) is 6.27. The second-order valence-electron chi connectivity index (χ2n) is 6.27. The van der Waals surface area contributed by atoms with Crippen molar-refractivity contribution in [3.05, 3.63) is 53.4 Å². The second kappa shape index (κ2) is 6.68. The fourth-order valence-electron chi connectivity index (χ4n) is 2.99. The molecule has 9 heteroatoms. The van der Waals surface area contributed by atoms with E-state index in [1.54, 1.807) is 12.1 Å². The van der Waals surface area contributed by atoms with Crippen molar-refractivity contribution in [2.75, 3.05) is 17.6 Å². The number of anilines is 3. The summed E-state index contributed by atoms with van der Waals surface area (Å²) < 4.78 is 15.1. The quantitative estimate of drug-likeness (QED) is 0.738. The Bertz CT molecular complexity index is 921. The van der Waals surface area contributed by atoms with Crippen LogP contribution < -0.4 is 11.1 Å². The lowest BCUT2D eigenvalue weighted by Gasteiger charge is -2.27. The van der Waals surface area contributed by atoms with Crippen LogP contribution >= 0.6 is 0 Å². The topological polar surface area (TPSA) is 97.8 Å². The maximum absolute atomic E-state index is 13.0. The summed E-state index contributed by atoms with van der Waals surface area (Å²) in [5.41, 5.74) is 8.91. The summed E-state index contributed by atoms with van der Waals surface area (Å²) in [5.74, 6) is 0.786. The van der Waals surface area contributed by atoms with Gasteiger partial charge in [0.05, 0.1) is 25.0 Å². The van der Waals surface area contributed by atoms with Crippen LogP contribution in [0.25, 0.3) is 0 Å². The summed E-state index contributed by atoms with van der Waals surface area (Å²) >= 11 is 0. The van der Waals surface area contributed by atoms with Crippen molar-refractivity contribution in [1.82, 2.24) is 29.6 Å². The van der Waals surface area contributed by atoms with Crippen LogP contribution in [0.5, 0.6) is 0 Å². The number of nitrogens with zero attached hydrogens (tertiary/aromatic N) is 6. The number of aromatic nitrogens is 5. The number of hydrogen-bond donors (Lipinski definition) is 2. The molecule has 4 rings (SSSR count). The van der Waals surface area contributed by atoms with Crippen LogP contribution in [0.15, 0.2) is 30.5 Å². The fourth-order valence-corrected chi connectivity index (χ4v) is 2.99. The third kappa shape index (κ3) is 3.47. The van der Waals surface area contributed by atoms with E-state index in [-0.39, 0.29) is 11.8 Å². The molecule has 8 nitrogen and oxygen atoms in total. The molecule has 1 aliphatic rings. The minimum Gasteiger partial charge on any atom is -0.368 e. The molecule has 2 aromatic heterocycles. The Kier molecular flexibility index (Phi) is 4.21. The van der Waals surface area contributed by atoms with Crippen molar-refractivity contribution in [3.8, 4) is 0 Å². The number of hydrogen-bond acceptors (Lipinski definition) is 7. The van der Waals surface area contributed by atoms with E-state index in [0.717, 1.165) is 19.6 Å². The number of aryl methyl sites for hydroxylation is 1. The minimum absolute atomic E-state index is 0.151. The predicted octanol–water partition coefficient (Wildman–Crippen LogP) is 1.86. The van der Waals surface area contributed by atoms with E-state index in [9.17, 15) is 4.39 Å². The normalized spacial score (nSPS) is 14.2. The van der Waals surface area contributed by atoms with Crippen LogP contribution in [0.3, 0.4) is 0 Å². The summed E-state index contributed by atoms with van der Waals surface area (Å²) in [6.07, 6.45) is 1.89. The Balaban J connectivity index is 1.49. The summed E-state index contributed by atoms with van der Waals surface area (Å²) in [5, 5.41) is 7.40. The zero-order valence-electron chi connectivity index (χ0n) is 14.4. The molecule has 0 unspecified atom stereocenters. The molecule has 3 aromatic rings. The van der Waals surface area contributed by atoms with Gasteiger partial charge in [-0.05, 0) is 36.8 Å². The molecule has 0 bridgehead atoms. The van der Waals surface area contributed by atoms with Gasteiger partial charge >= 0.3 is 0 Å². The summed E-state index contributed by atoms with van der Waals surface area (Å²) in [4.78, 5) is 15.0. The van der Waals surface area contributed by atoms with E-state index in [0.29, 0.717) is 24.0 Å². The van der Waals surface area contributed by atoms with Crippen LogP contribution in [0.4, 0.5) is 22.0 Å². The molecule has 26 heavy (non-hydrogen) atoms. The Labute approximate surface area is 149 Å². The Morgan fingerprint density at radius 1 is 1.15 bits per heavy atom. The number of halogens is 1. The van der Waals surface area contributed by atoms with Gasteiger partial charge in [-0.15, -0.1) is 0 Å². The monoisotopic (exact) mass is 354 g/mol. The van der Waals surface area contributed by atoms with Crippen LogP contribution in [0.1, 0.15) is 17.1 Å². The van der Waals surface area contributed by atoms with Crippen molar-refractivity contribution in [1.29, 1.82) is 0 Å². The molecule has 134 valence electrons. The van der Waals surface area contributed by atoms with Crippen LogP contribution in [-0.4, -0.2) is 36.2 Å². The first-order valence-electron chi connectivity index (χ1n) is 8.33. The third-order valence-corrected chi connectivity index (χ3v) is 4.32. The summed E-state index contributed by atoms with van der Waals surface area (Å²) in [6, 6.07) is 5.97. The lowest BCUT2D eigenvalue weighted by atomic mass is 10.2. The third-order valence-electron chi connectivity index (χ3n) is 4.32. The van der Waals surface area contributed by atoms with Gasteiger partial charge in [-0.3, -0.25) is 9.58 Å². The van der Waals surface area contributed by atoms with Gasteiger partial charge in [0.25, 0.3) is 0 Å². The highest BCUT2D eigenvalue weighted by Gasteiger charge is 2.20. The van der Waals surface area contributed by atoms with Gasteiger partial charge in [0.15, 0.2) is 0 Å². The molecule has 1 aromatic carbocycles. The van der Waals surface area contributed by atoms with Gasteiger partial charge in [-0.2, -0.15) is 20.1 Å². The molecule has 1 aliphatic heterocycles. The highest BCUT2D eigenvalue weighted by Crippen LogP contribution is 2.18. The van der Waals surface area contributed by atoms with Crippen molar-refractivity contribution in [3.63, 3.8) is 0 Å². The zero-order valence-corrected chi connectivity index (χ0v) is 14.4. The highest BCUT2D eigenvalue weighted by atomic mass is 19.1. The minimum atomic E-state index is -0.300. The van der Waals surface area contributed by atoms with Gasteiger partial charge in [-0.1, -0.05) is 0 Å². The molecule has 0 atom stereocenters. The zero-order chi connectivity index (χ0) is 18.1. The average molecular weight is 354 g/mol. The molecule has 0 spiro atoms. The van der Waals surface area contributed by atoms with Crippen molar-refractivity contribution in [2.45, 2.75) is 26.6 Å². The Morgan fingerprint density at radius 3 is 2.77 bits per heavy atom. The van der Waals surface area contributed by atoms with E-state index < -0.39 is 0 Å². The number of nitrogens with one attached hydrogen (secondary N) is 1. The lowest BCUT2D eigenvalue weighted by Crippen LogP contribution is -2.34. The van der Waals surface area contributed by atoms with Crippen molar-refractivity contribution >= 4 is 17.6 Å². The first-order valence-corrected chi connectivity index (χ1v) is 8.33. The molecule has 0 radical (unpaired) electrons. The number of nitrogens with two attached hydrogens (primary N) is 1. The number of benzene rings is 1. The van der Waals surface area contributed by atoms with Crippen molar-refractivity contribution < 1.29 is 4.39 Å². The number of nitrogen functional groups attached to an aromatic ring is 1. The lowest BCUT2D eigenvalue weighted by molar-refractivity contribution is 0.200. The van der Waals surface area contributed by atoms with Crippen LogP contribution in [0.2, 0.25) is 0 Å². The van der Waals surface area contributed by atoms with E-state index in [1.165, 1.54) is 23.4 Å². The molecule has 0 aliphatic carbocycles. The molecule has 0 fully saturated rings. The van der Waals surface area contributed by atoms with Gasteiger partial charge in [0.2, 0.25) is 11.9 Å². The first kappa shape index (κ1) is 16.4. The van der Waals surface area contributed by atoms with Gasteiger partial charge in [0.1, 0.15) is 11.6 Å². The fraction of sp³-hybridized carbons (Fsp3) is 0.294. The van der Waals surface area contributed by atoms with Gasteiger partial charge in [-0.25, -0.2) is 4.39 Å². The molecule has 3 heterocycles. The molecular formula is C17H19FN8. The summed E-state index contributed by atoms with van der Waals surface area (Å²) in [7, 11) is 0. The molecule has 0 amide bonds. The molecular weight excluding hydrogens is 335 g/mol. The van der Waals surface area contributed by atoms with E-state index in [4.69, 9.17) is 5.73 Å². The number of rotatable bonds is 4. The molecule has 0 saturated carbocycles. The van der Waals surface area contributed by atoms with E-state index >= 15 is 0 Å². The maximum atomic E-state index is 13.0. The van der Waals surface area contributed by atoms with Crippen LogP contribution in [-0.2, 0) is 19.6 Å². The van der Waals surface area contributed by atoms with Crippen molar-refractivity contribution in [2.24, 2.45) is 0 Å². The van der Waals surface area contributed by atoms with Gasteiger partial charge < -0.3 is 11.1 Å². The van der Waals surface area contributed by atoms with Crippen LogP contribution in [0, 0.1) is 12.7 Å². The summed E-state index contributed by atoms with van der Waals surface area (Å²) in [6.45, 7) is 5.12. The standard InChI is InChI=1S/C17H19FN8/c1-11-8-20-26-7-6-25(9-14(11)26)10-15-22-16(19)24-17(23-15)21-13-4-2-12(18)3-5-13/h2-5,8H,6-7,9-10H2,1H3,(H3,19,21,22,23,24). The number of fused-ring (bicyclic) bond motifs is 1. The molecule has 3 N–H and O–H groups in total.